The zero-order chi connectivity index (χ0) is 12.2. The summed E-state index contributed by atoms with van der Waals surface area (Å²) in [5.41, 5.74) is -0.658. The summed E-state index contributed by atoms with van der Waals surface area (Å²) in [6.07, 6.45) is 10.4. The van der Waals surface area contributed by atoms with Crippen molar-refractivity contribution < 1.29 is 9.53 Å². The van der Waals surface area contributed by atoms with Crippen molar-refractivity contribution in [1.82, 2.24) is 0 Å². The molecule has 0 aliphatic heterocycles. The summed E-state index contributed by atoms with van der Waals surface area (Å²) in [5.74, 6) is 0. The van der Waals surface area contributed by atoms with E-state index in [0.29, 0.717) is 0 Å². The summed E-state index contributed by atoms with van der Waals surface area (Å²) in [6.45, 7) is 4.35. The molecule has 2 nitrogen and oxygen atoms in total. The van der Waals surface area contributed by atoms with E-state index in [-0.39, 0.29) is 6.10 Å². The minimum absolute atomic E-state index is 0.0339. The molecular weight excluding hydrogens is 224 g/mol. The monoisotopic (exact) mass is 248 g/mol. The van der Waals surface area contributed by atoms with Crippen LogP contribution in [0.15, 0.2) is 0 Å². The SMILES string of the molecule is CCCCCCC[C@@H](CCCC)OC(=O)Cl. The molecule has 0 radical (unpaired) electrons. The second-order valence-electron chi connectivity index (χ2n) is 4.32. The second-order valence-corrected chi connectivity index (χ2v) is 4.63. The Kier molecular flexibility index (Phi) is 11.1. The van der Waals surface area contributed by atoms with E-state index in [1.54, 1.807) is 0 Å². The first kappa shape index (κ1) is 15.8. The quantitative estimate of drug-likeness (QED) is 0.388. The van der Waals surface area contributed by atoms with Gasteiger partial charge in [-0.25, -0.2) is 4.79 Å². The van der Waals surface area contributed by atoms with E-state index >= 15 is 0 Å². The van der Waals surface area contributed by atoms with Crippen molar-refractivity contribution in [3.05, 3.63) is 0 Å². The van der Waals surface area contributed by atoms with Crippen molar-refractivity contribution >= 4 is 17.0 Å². The topological polar surface area (TPSA) is 26.3 Å². The molecule has 3 heteroatoms. The normalized spacial score (nSPS) is 12.4. The molecule has 1 atom stereocenters. The van der Waals surface area contributed by atoms with Crippen molar-refractivity contribution in [2.45, 2.75) is 77.7 Å². The smallest absolute Gasteiger partial charge is 0.404 e. The number of carbonyl (C=O) groups excluding carboxylic acids is 1. The number of halogens is 1. The van der Waals surface area contributed by atoms with Crippen LogP contribution in [0.5, 0.6) is 0 Å². The van der Waals surface area contributed by atoms with Crippen LogP contribution >= 0.6 is 11.6 Å². The fraction of sp³-hybridized carbons (Fsp3) is 0.923. The fourth-order valence-electron chi connectivity index (χ4n) is 1.80. The summed E-state index contributed by atoms with van der Waals surface area (Å²) >= 11 is 5.25. The summed E-state index contributed by atoms with van der Waals surface area (Å²) in [7, 11) is 0. The number of hydrogen-bond donors (Lipinski definition) is 0. The van der Waals surface area contributed by atoms with Crippen LogP contribution in [0.1, 0.15) is 71.6 Å². The lowest BCUT2D eigenvalue weighted by Crippen LogP contribution is -2.14. The molecule has 0 saturated carbocycles. The van der Waals surface area contributed by atoms with Gasteiger partial charge in [0.2, 0.25) is 0 Å². The standard InChI is InChI=1S/C13H25ClO2/c1-3-5-7-8-9-11-12(10-6-4-2)16-13(14)15/h12H,3-11H2,1-2H3/t12-/m1/s1. The van der Waals surface area contributed by atoms with Gasteiger partial charge in [-0.1, -0.05) is 52.4 Å². The molecule has 0 aromatic rings. The van der Waals surface area contributed by atoms with Crippen LogP contribution in [0, 0.1) is 0 Å². The summed E-state index contributed by atoms with van der Waals surface area (Å²) < 4.78 is 5.09. The lowest BCUT2D eigenvalue weighted by atomic mass is 10.0. The third-order valence-electron chi connectivity index (χ3n) is 2.77. The summed E-state index contributed by atoms with van der Waals surface area (Å²) in [4.78, 5) is 10.7. The van der Waals surface area contributed by atoms with Crippen molar-refractivity contribution in [3.63, 3.8) is 0 Å². The van der Waals surface area contributed by atoms with Gasteiger partial charge in [0.1, 0.15) is 6.10 Å². The molecule has 0 unspecified atom stereocenters. The highest BCUT2D eigenvalue weighted by atomic mass is 35.5. The van der Waals surface area contributed by atoms with E-state index in [0.717, 1.165) is 32.1 Å². The number of ether oxygens (including phenoxy) is 1. The Hall–Kier alpha value is -0.240. The highest BCUT2D eigenvalue weighted by molar-refractivity contribution is 6.61. The molecular formula is C13H25ClO2. The van der Waals surface area contributed by atoms with Gasteiger partial charge in [0.25, 0.3) is 0 Å². The molecule has 0 amide bonds. The van der Waals surface area contributed by atoms with E-state index in [1.165, 1.54) is 25.7 Å². The molecule has 0 aromatic heterocycles. The van der Waals surface area contributed by atoms with Gasteiger partial charge in [0.05, 0.1) is 0 Å². The maximum absolute atomic E-state index is 10.7. The van der Waals surface area contributed by atoms with Crippen molar-refractivity contribution in [1.29, 1.82) is 0 Å². The predicted octanol–water partition coefficient (Wildman–Crippen LogP) is 5.28. The number of hydrogen-bond acceptors (Lipinski definition) is 2. The van der Waals surface area contributed by atoms with Gasteiger partial charge >= 0.3 is 5.43 Å². The van der Waals surface area contributed by atoms with Crippen LogP contribution < -0.4 is 0 Å². The third kappa shape index (κ3) is 10.3. The van der Waals surface area contributed by atoms with Crippen molar-refractivity contribution in [2.75, 3.05) is 0 Å². The van der Waals surface area contributed by atoms with Crippen LogP contribution in [0.25, 0.3) is 0 Å². The van der Waals surface area contributed by atoms with Gasteiger partial charge in [-0.2, -0.15) is 0 Å². The zero-order valence-electron chi connectivity index (χ0n) is 10.6. The van der Waals surface area contributed by atoms with E-state index in [9.17, 15) is 4.79 Å². The minimum Gasteiger partial charge on any atom is -0.450 e. The molecule has 0 bridgehead atoms. The molecule has 0 spiro atoms. The Morgan fingerprint density at radius 1 is 1.00 bits per heavy atom. The Morgan fingerprint density at radius 3 is 2.12 bits per heavy atom. The van der Waals surface area contributed by atoms with Crippen LogP contribution in [-0.4, -0.2) is 11.5 Å². The van der Waals surface area contributed by atoms with E-state index < -0.39 is 5.43 Å². The predicted molar refractivity (Wildman–Crippen MR) is 69.0 cm³/mol. The molecule has 0 N–H and O–H groups in total. The Bertz CT molecular complexity index is 171. The van der Waals surface area contributed by atoms with E-state index in [1.807, 2.05) is 0 Å². The average Bonchev–Trinajstić information content (AvgIpc) is 2.24. The third-order valence-corrected chi connectivity index (χ3v) is 2.86. The first-order valence-corrected chi connectivity index (χ1v) is 6.94. The fourth-order valence-corrected chi connectivity index (χ4v) is 1.93. The summed E-state index contributed by atoms with van der Waals surface area (Å²) in [5, 5.41) is 0. The maximum atomic E-state index is 10.7. The minimum atomic E-state index is -0.658. The molecule has 16 heavy (non-hydrogen) atoms. The molecule has 0 rings (SSSR count). The molecule has 0 fully saturated rings. The molecule has 0 aliphatic rings. The average molecular weight is 249 g/mol. The first-order chi connectivity index (χ1) is 7.70. The van der Waals surface area contributed by atoms with E-state index in [4.69, 9.17) is 16.3 Å². The van der Waals surface area contributed by atoms with Gasteiger partial charge in [-0.05, 0) is 19.3 Å². The van der Waals surface area contributed by atoms with Gasteiger partial charge in [-0.15, -0.1) is 0 Å². The summed E-state index contributed by atoms with van der Waals surface area (Å²) in [6, 6.07) is 0. The molecule has 0 saturated heterocycles. The van der Waals surface area contributed by atoms with Crippen LogP contribution in [-0.2, 0) is 4.74 Å². The number of unbranched alkanes of at least 4 members (excludes halogenated alkanes) is 5. The number of carbonyl (C=O) groups is 1. The first-order valence-electron chi connectivity index (χ1n) is 6.56. The van der Waals surface area contributed by atoms with Crippen LogP contribution in [0.2, 0.25) is 0 Å². The van der Waals surface area contributed by atoms with Crippen LogP contribution in [0.4, 0.5) is 4.79 Å². The van der Waals surface area contributed by atoms with Gasteiger partial charge < -0.3 is 4.74 Å². The van der Waals surface area contributed by atoms with Crippen molar-refractivity contribution in [2.24, 2.45) is 0 Å². The largest absolute Gasteiger partial charge is 0.450 e. The van der Waals surface area contributed by atoms with Crippen LogP contribution in [0.3, 0.4) is 0 Å². The van der Waals surface area contributed by atoms with Crippen molar-refractivity contribution in [3.8, 4) is 0 Å². The lowest BCUT2D eigenvalue weighted by molar-refractivity contribution is 0.106. The second kappa shape index (κ2) is 11.3. The van der Waals surface area contributed by atoms with E-state index in [2.05, 4.69) is 13.8 Å². The Morgan fingerprint density at radius 2 is 1.56 bits per heavy atom. The molecule has 0 aromatic carbocycles. The van der Waals surface area contributed by atoms with Gasteiger partial charge in [0.15, 0.2) is 0 Å². The maximum Gasteiger partial charge on any atom is 0.404 e. The number of rotatable bonds is 10. The highest BCUT2D eigenvalue weighted by Gasteiger charge is 2.11. The molecule has 0 heterocycles. The molecule has 0 aliphatic carbocycles. The Balaban J connectivity index is 3.60. The lowest BCUT2D eigenvalue weighted by Gasteiger charge is -2.15. The zero-order valence-corrected chi connectivity index (χ0v) is 11.4. The van der Waals surface area contributed by atoms with Gasteiger partial charge in [0, 0.05) is 11.6 Å². The van der Waals surface area contributed by atoms with Gasteiger partial charge in [-0.3, -0.25) is 0 Å². The highest BCUT2D eigenvalue weighted by Crippen LogP contribution is 2.15. The molecule has 96 valence electrons. The Labute approximate surface area is 105 Å².